The SMILES string of the molecule is Cc1noc(CCNC(=O)C2(C)CCCCN2)n1.Cl. The van der Waals surface area contributed by atoms with Crippen molar-refractivity contribution < 1.29 is 9.32 Å². The van der Waals surface area contributed by atoms with Crippen molar-refractivity contribution >= 4 is 18.3 Å². The third-order valence-electron chi connectivity index (χ3n) is 3.31. The monoisotopic (exact) mass is 288 g/mol. The second kappa shape index (κ2) is 6.86. The summed E-state index contributed by atoms with van der Waals surface area (Å²) >= 11 is 0. The Balaban J connectivity index is 0.00000180. The zero-order chi connectivity index (χ0) is 13.0. The van der Waals surface area contributed by atoms with E-state index in [-0.39, 0.29) is 18.3 Å². The molecule has 108 valence electrons. The molecule has 1 saturated heterocycles. The third-order valence-corrected chi connectivity index (χ3v) is 3.31. The van der Waals surface area contributed by atoms with Gasteiger partial charge in [0.1, 0.15) is 0 Å². The Morgan fingerprint density at radius 2 is 2.32 bits per heavy atom. The summed E-state index contributed by atoms with van der Waals surface area (Å²) in [5.74, 6) is 1.24. The van der Waals surface area contributed by atoms with Gasteiger partial charge in [0.2, 0.25) is 11.8 Å². The van der Waals surface area contributed by atoms with Crippen LogP contribution in [-0.2, 0) is 11.2 Å². The number of piperidine rings is 1. The topological polar surface area (TPSA) is 80.0 Å². The molecule has 1 aromatic rings. The molecule has 1 atom stereocenters. The Kier molecular flexibility index (Phi) is 5.75. The molecule has 2 rings (SSSR count). The minimum atomic E-state index is -0.428. The van der Waals surface area contributed by atoms with E-state index >= 15 is 0 Å². The minimum Gasteiger partial charge on any atom is -0.354 e. The summed E-state index contributed by atoms with van der Waals surface area (Å²) in [4.78, 5) is 16.2. The molecule has 1 aliphatic heterocycles. The summed E-state index contributed by atoms with van der Waals surface area (Å²) in [6.45, 7) is 5.17. The van der Waals surface area contributed by atoms with Crippen LogP contribution < -0.4 is 10.6 Å². The van der Waals surface area contributed by atoms with E-state index in [1.54, 1.807) is 6.92 Å². The van der Waals surface area contributed by atoms with Gasteiger partial charge in [-0.05, 0) is 39.7 Å². The highest BCUT2D eigenvalue weighted by Crippen LogP contribution is 2.18. The molecule has 0 aromatic carbocycles. The van der Waals surface area contributed by atoms with Crippen molar-refractivity contribution in [3.8, 4) is 0 Å². The molecule has 0 radical (unpaired) electrons. The van der Waals surface area contributed by atoms with Gasteiger partial charge in [0, 0.05) is 13.0 Å². The number of nitrogens with one attached hydrogen (secondary N) is 2. The molecule has 0 aliphatic carbocycles. The van der Waals surface area contributed by atoms with Gasteiger partial charge in [-0.2, -0.15) is 4.98 Å². The maximum Gasteiger partial charge on any atom is 0.240 e. The van der Waals surface area contributed by atoms with Gasteiger partial charge in [-0.25, -0.2) is 0 Å². The first kappa shape index (κ1) is 15.9. The molecule has 1 aromatic heterocycles. The van der Waals surface area contributed by atoms with Crippen molar-refractivity contribution in [2.75, 3.05) is 13.1 Å². The molecular weight excluding hydrogens is 268 g/mol. The van der Waals surface area contributed by atoms with Gasteiger partial charge in [-0.1, -0.05) is 5.16 Å². The molecule has 2 heterocycles. The van der Waals surface area contributed by atoms with E-state index in [1.165, 1.54) is 0 Å². The Hall–Kier alpha value is -1.14. The largest absolute Gasteiger partial charge is 0.354 e. The highest BCUT2D eigenvalue weighted by molar-refractivity contribution is 5.86. The molecule has 7 heteroatoms. The average Bonchev–Trinajstić information content (AvgIpc) is 2.76. The zero-order valence-corrected chi connectivity index (χ0v) is 12.2. The Labute approximate surface area is 119 Å². The zero-order valence-electron chi connectivity index (χ0n) is 11.4. The smallest absolute Gasteiger partial charge is 0.240 e. The lowest BCUT2D eigenvalue weighted by molar-refractivity contribution is -0.127. The standard InChI is InChI=1S/C12H20N4O2.ClH/c1-9-15-10(18-16-9)5-8-13-11(17)12(2)6-3-4-7-14-12;/h14H,3-8H2,1-2H3,(H,13,17);1H. The molecule has 0 spiro atoms. The quantitative estimate of drug-likeness (QED) is 0.864. The van der Waals surface area contributed by atoms with Gasteiger partial charge in [-0.3, -0.25) is 4.79 Å². The van der Waals surface area contributed by atoms with E-state index in [0.29, 0.717) is 24.7 Å². The first-order valence-electron chi connectivity index (χ1n) is 6.43. The van der Waals surface area contributed by atoms with Crippen LogP contribution in [0.3, 0.4) is 0 Å². The number of hydrogen-bond donors (Lipinski definition) is 2. The van der Waals surface area contributed by atoms with Crippen LogP contribution in [0.2, 0.25) is 0 Å². The maximum atomic E-state index is 12.1. The minimum absolute atomic E-state index is 0. The number of carbonyl (C=O) groups is 1. The van der Waals surface area contributed by atoms with E-state index in [1.807, 2.05) is 6.92 Å². The summed E-state index contributed by atoms with van der Waals surface area (Å²) < 4.78 is 4.99. The van der Waals surface area contributed by atoms with Gasteiger partial charge < -0.3 is 15.2 Å². The van der Waals surface area contributed by atoms with Crippen molar-refractivity contribution in [3.05, 3.63) is 11.7 Å². The van der Waals surface area contributed by atoms with Gasteiger partial charge in [0.05, 0.1) is 5.54 Å². The predicted molar refractivity (Wildman–Crippen MR) is 73.3 cm³/mol. The number of aromatic nitrogens is 2. The number of nitrogens with zero attached hydrogens (tertiary/aromatic N) is 2. The van der Waals surface area contributed by atoms with Crippen molar-refractivity contribution in [3.63, 3.8) is 0 Å². The van der Waals surface area contributed by atoms with Gasteiger partial charge >= 0.3 is 0 Å². The first-order chi connectivity index (χ1) is 8.60. The van der Waals surface area contributed by atoms with Gasteiger partial charge in [-0.15, -0.1) is 12.4 Å². The molecule has 1 unspecified atom stereocenters. The summed E-state index contributed by atoms with van der Waals surface area (Å²) in [6.07, 6.45) is 3.70. The third kappa shape index (κ3) is 4.18. The number of halogens is 1. The lowest BCUT2D eigenvalue weighted by Gasteiger charge is -2.33. The van der Waals surface area contributed by atoms with Crippen LogP contribution >= 0.6 is 12.4 Å². The normalized spacial score (nSPS) is 22.6. The molecule has 19 heavy (non-hydrogen) atoms. The Morgan fingerprint density at radius 1 is 1.53 bits per heavy atom. The number of rotatable bonds is 4. The van der Waals surface area contributed by atoms with Crippen LogP contribution in [0.5, 0.6) is 0 Å². The summed E-state index contributed by atoms with van der Waals surface area (Å²) in [6, 6.07) is 0. The lowest BCUT2D eigenvalue weighted by Crippen LogP contribution is -2.57. The summed E-state index contributed by atoms with van der Waals surface area (Å²) in [5.41, 5.74) is -0.428. The second-order valence-electron chi connectivity index (χ2n) is 4.96. The first-order valence-corrected chi connectivity index (χ1v) is 6.43. The average molecular weight is 289 g/mol. The van der Waals surface area contributed by atoms with Crippen LogP contribution in [-0.4, -0.2) is 34.7 Å². The fraction of sp³-hybridized carbons (Fsp3) is 0.750. The lowest BCUT2D eigenvalue weighted by atomic mass is 9.90. The fourth-order valence-corrected chi connectivity index (χ4v) is 2.17. The van der Waals surface area contributed by atoms with Crippen molar-refractivity contribution in [2.45, 2.75) is 45.1 Å². The predicted octanol–water partition coefficient (Wildman–Crippen LogP) is 0.991. The van der Waals surface area contributed by atoms with E-state index < -0.39 is 5.54 Å². The molecule has 2 N–H and O–H groups in total. The molecule has 1 fully saturated rings. The van der Waals surface area contributed by atoms with Crippen molar-refractivity contribution in [2.24, 2.45) is 0 Å². The Morgan fingerprint density at radius 3 is 2.89 bits per heavy atom. The van der Waals surface area contributed by atoms with Gasteiger partial charge in [0.25, 0.3) is 0 Å². The van der Waals surface area contributed by atoms with Crippen LogP contribution in [0.25, 0.3) is 0 Å². The van der Waals surface area contributed by atoms with E-state index in [0.717, 1.165) is 25.8 Å². The van der Waals surface area contributed by atoms with Crippen LogP contribution in [0.15, 0.2) is 4.52 Å². The van der Waals surface area contributed by atoms with E-state index in [4.69, 9.17) is 4.52 Å². The summed E-state index contributed by atoms with van der Waals surface area (Å²) in [7, 11) is 0. The second-order valence-corrected chi connectivity index (χ2v) is 4.96. The highest BCUT2D eigenvalue weighted by atomic mass is 35.5. The summed E-state index contributed by atoms with van der Waals surface area (Å²) in [5, 5.41) is 9.91. The Bertz CT molecular complexity index is 416. The van der Waals surface area contributed by atoms with Crippen LogP contribution in [0.4, 0.5) is 0 Å². The van der Waals surface area contributed by atoms with E-state index in [2.05, 4.69) is 20.8 Å². The van der Waals surface area contributed by atoms with E-state index in [9.17, 15) is 4.79 Å². The van der Waals surface area contributed by atoms with Crippen LogP contribution in [0, 0.1) is 6.92 Å². The molecule has 0 bridgehead atoms. The number of carbonyl (C=O) groups excluding carboxylic acids is 1. The van der Waals surface area contributed by atoms with Crippen LogP contribution in [0.1, 0.15) is 37.9 Å². The molecule has 6 nitrogen and oxygen atoms in total. The molecular formula is C12H21ClN4O2. The molecule has 1 amide bonds. The van der Waals surface area contributed by atoms with Crippen molar-refractivity contribution in [1.29, 1.82) is 0 Å². The number of aryl methyl sites for hydroxylation is 1. The van der Waals surface area contributed by atoms with Crippen molar-refractivity contribution in [1.82, 2.24) is 20.8 Å². The number of amides is 1. The molecule has 1 aliphatic rings. The fourth-order valence-electron chi connectivity index (χ4n) is 2.17. The van der Waals surface area contributed by atoms with Gasteiger partial charge in [0.15, 0.2) is 5.82 Å². The highest BCUT2D eigenvalue weighted by Gasteiger charge is 2.33. The molecule has 0 saturated carbocycles. The maximum absolute atomic E-state index is 12.1. The number of hydrogen-bond acceptors (Lipinski definition) is 5.